The lowest BCUT2D eigenvalue weighted by atomic mass is 10.0. The van der Waals surface area contributed by atoms with Gasteiger partial charge >= 0.3 is 0 Å². The lowest BCUT2D eigenvalue weighted by Gasteiger charge is -2.15. The van der Waals surface area contributed by atoms with Crippen molar-refractivity contribution in [2.45, 2.75) is 6.92 Å². The lowest BCUT2D eigenvalue weighted by molar-refractivity contribution is 0.0985. The molecule has 0 fully saturated rings. The molecule has 0 radical (unpaired) electrons. The van der Waals surface area contributed by atoms with E-state index in [9.17, 15) is 14.4 Å². The first-order valence-corrected chi connectivity index (χ1v) is 7.07. The normalized spacial score (nSPS) is 13.7. The molecule has 1 N–H and O–H groups in total. The maximum Gasteiger partial charge on any atom is 0.221 e. The van der Waals surface area contributed by atoms with Crippen molar-refractivity contribution < 1.29 is 14.4 Å². The number of anilines is 1. The van der Waals surface area contributed by atoms with Gasteiger partial charge in [0.2, 0.25) is 11.6 Å². The number of nitrogens with one attached hydrogen (secondary N) is 1. The zero-order valence-electron chi connectivity index (χ0n) is 11.0. The Balaban J connectivity index is 1.98. The van der Waals surface area contributed by atoms with Gasteiger partial charge in [0, 0.05) is 17.3 Å². The average molecular weight is 298 g/mol. The number of carbonyl (C=O) groups excluding carboxylic acids is 3. The Morgan fingerprint density at radius 3 is 2.76 bits per heavy atom. The predicted octanol–water partition coefficient (Wildman–Crippen LogP) is 2.72. The molecule has 1 aliphatic carbocycles. The molecule has 5 nitrogen and oxygen atoms in total. The number of hydrogen-bond acceptors (Lipinski definition) is 6. The molecule has 1 heterocycles. The summed E-state index contributed by atoms with van der Waals surface area (Å²) >= 11 is 1.13. The Morgan fingerprint density at radius 2 is 2.00 bits per heavy atom. The number of nitrogens with zero attached hydrogens (tertiary/aromatic N) is 1. The number of fused-ring (bicyclic) bond motifs is 1. The van der Waals surface area contributed by atoms with Crippen LogP contribution in [-0.2, 0) is 0 Å². The van der Waals surface area contributed by atoms with Gasteiger partial charge in [0.25, 0.3) is 0 Å². The van der Waals surface area contributed by atoms with Crippen molar-refractivity contribution in [1.29, 1.82) is 0 Å². The van der Waals surface area contributed by atoms with Crippen LogP contribution in [0.2, 0.25) is 0 Å². The minimum absolute atomic E-state index is 0.119. The summed E-state index contributed by atoms with van der Waals surface area (Å²) in [5, 5.41) is 2.89. The van der Waals surface area contributed by atoms with Crippen LogP contribution in [0.5, 0.6) is 0 Å². The fourth-order valence-electron chi connectivity index (χ4n) is 2.11. The summed E-state index contributed by atoms with van der Waals surface area (Å²) < 4.78 is 0. The van der Waals surface area contributed by atoms with Crippen molar-refractivity contribution in [2.24, 2.45) is 0 Å². The fourth-order valence-corrected chi connectivity index (χ4v) is 2.85. The molecule has 0 spiro atoms. The first kappa shape index (κ1) is 13.4. The van der Waals surface area contributed by atoms with Crippen molar-refractivity contribution >= 4 is 34.4 Å². The third-order valence-corrected chi connectivity index (χ3v) is 3.93. The molecule has 1 aliphatic rings. The summed E-state index contributed by atoms with van der Waals surface area (Å²) in [7, 11) is 0. The number of allylic oxidation sites excluding steroid dienone is 2. The minimum atomic E-state index is -0.311. The average Bonchev–Trinajstić information content (AvgIpc) is 2.95. The molecule has 3 rings (SSSR count). The topological polar surface area (TPSA) is 76.1 Å². The summed E-state index contributed by atoms with van der Waals surface area (Å²) in [4.78, 5) is 40.0. The van der Waals surface area contributed by atoms with E-state index in [1.165, 1.54) is 18.5 Å². The number of rotatable bonds is 3. The van der Waals surface area contributed by atoms with E-state index in [4.69, 9.17) is 0 Å². The standard InChI is InChI=1S/C15H10N2O3S/c1-8(18)9-4-2-3-5-10(9)17-11-6-12(19)13-15(14(11)20)21-7-16-13/h2-7,17H,1H3. The second-order valence-corrected chi connectivity index (χ2v) is 5.36. The lowest BCUT2D eigenvalue weighted by Crippen LogP contribution is -2.21. The number of benzene rings is 1. The third kappa shape index (κ3) is 2.30. The third-order valence-electron chi connectivity index (χ3n) is 3.10. The largest absolute Gasteiger partial charge is 0.352 e. The van der Waals surface area contributed by atoms with Gasteiger partial charge in [-0.15, -0.1) is 11.3 Å². The van der Waals surface area contributed by atoms with Crippen LogP contribution in [0.25, 0.3) is 0 Å². The van der Waals surface area contributed by atoms with Crippen LogP contribution in [0, 0.1) is 0 Å². The van der Waals surface area contributed by atoms with Crippen LogP contribution in [0.3, 0.4) is 0 Å². The maximum absolute atomic E-state index is 12.3. The highest BCUT2D eigenvalue weighted by Gasteiger charge is 2.28. The molecular weight excluding hydrogens is 288 g/mol. The molecule has 1 aromatic heterocycles. The molecule has 0 amide bonds. The Kier molecular flexibility index (Phi) is 3.23. The van der Waals surface area contributed by atoms with Gasteiger partial charge in [-0.1, -0.05) is 12.1 Å². The van der Waals surface area contributed by atoms with Crippen molar-refractivity contribution in [3.63, 3.8) is 0 Å². The summed E-state index contributed by atoms with van der Waals surface area (Å²) in [5.74, 6) is -0.717. The summed E-state index contributed by atoms with van der Waals surface area (Å²) in [6.07, 6.45) is 1.22. The number of aromatic nitrogens is 1. The monoisotopic (exact) mass is 298 g/mol. The molecule has 6 heteroatoms. The van der Waals surface area contributed by atoms with Gasteiger partial charge in [0.15, 0.2) is 5.78 Å². The molecule has 0 atom stereocenters. The van der Waals surface area contributed by atoms with Gasteiger partial charge in [0.05, 0.1) is 11.2 Å². The molecule has 1 aromatic carbocycles. The van der Waals surface area contributed by atoms with Gasteiger partial charge in [-0.3, -0.25) is 14.4 Å². The molecule has 0 aliphatic heterocycles. The summed E-state index contributed by atoms with van der Waals surface area (Å²) in [6.45, 7) is 1.45. The predicted molar refractivity (Wildman–Crippen MR) is 78.9 cm³/mol. The van der Waals surface area contributed by atoms with Crippen LogP contribution in [-0.4, -0.2) is 22.3 Å². The van der Waals surface area contributed by atoms with Gasteiger partial charge < -0.3 is 5.32 Å². The van der Waals surface area contributed by atoms with E-state index in [1.807, 2.05) is 0 Å². The zero-order valence-corrected chi connectivity index (χ0v) is 11.9. The zero-order chi connectivity index (χ0) is 15.0. The molecule has 0 unspecified atom stereocenters. The number of carbonyl (C=O) groups is 3. The van der Waals surface area contributed by atoms with Crippen LogP contribution >= 0.6 is 11.3 Å². The smallest absolute Gasteiger partial charge is 0.221 e. The van der Waals surface area contributed by atoms with Crippen molar-refractivity contribution in [3.8, 4) is 0 Å². The number of Topliss-reactive ketones (excluding diaryl/α,β-unsaturated/α-hetero) is 2. The minimum Gasteiger partial charge on any atom is -0.352 e. The Bertz CT molecular complexity index is 805. The van der Waals surface area contributed by atoms with Gasteiger partial charge in [0.1, 0.15) is 10.6 Å². The van der Waals surface area contributed by atoms with Crippen LogP contribution in [0.15, 0.2) is 41.5 Å². The fraction of sp³-hybridized carbons (Fsp3) is 0.0667. The van der Waals surface area contributed by atoms with E-state index in [0.717, 1.165) is 11.3 Å². The summed E-state index contributed by atoms with van der Waals surface area (Å²) in [6, 6.07) is 6.85. The quantitative estimate of drug-likeness (QED) is 0.882. The van der Waals surface area contributed by atoms with E-state index in [0.29, 0.717) is 16.1 Å². The van der Waals surface area contributed by atoms with E-state index in [2.05, 4.69) is 10.3 Å². The van der Waals surface area contributed by atoms with Crippen molar-refractivity contribution in [3.05, 3.63) is 57.7 Å². The highest BCUT2D eigenvalue weighted by atomic mass is 32.1. The van der Waals surface area contributed by atoms with E-state index < -0.39 is 0 Å². The SMILES string of the molecule is CC(=O)c1ccccc1NC1=CC(=O)c2ncsc2C1=O. The highest BCUT2D eigenvalue weighted by Crippen LogP contribution is 2.26. The second kappa shape index (κ2) is 5.06. The van der Waals surface area contributed by atoms with Gasteiger partial charge in [-0.05, 0) is 19.1 Å². The first-order chi connectivity index (χ1) is 10.1. The number of hydrogen-bond donors (Lipinski definition) is 1. The van der Waals surface area contributed by atoms with E-state index in [1.54, 1.807) is 24.3 Å². The molecular formula is C15H10N2O3S. The van der Waals surface area contributed by atoms with Gasteiger partial charge in [-0.25, -0.2) is 4.98 Å². The highest BCUT2D eigenvalue weighted by molar-refractivity contribution is 7.12. The van der Waals surface area contributed by atoms with E-state index >= 15 is 0 Å². The number of thiazole rings is 1. The van der Waals surface area contributed by atoms with Crippen molar-refractivity contribution in [1.82, 2.24) is 4.98 Å². The molecule has 0 bridgehead atoms. The first-order valence-electron chi connectivity index (χ1n) is 6.19. The summed E-state index contributed by atoms with van der Waals surface area (Å²) in [5.41, 5.74) is 2.79. The number of para-hydroxylation sites is 1. The Labute approximate surface area is 124 Å². The van der Waals surface area contributed by atoms with Crippen LogP contribution in [0.4, 0.5) is 5.69 Å². The Hall–Kier alpha value is -2.60. The van der Waals surface area contributed by atoms with Crippen molar-refractivity contribution in [2.75, 3.05) is 5.32 Å². The molecule has 0 saturated carbocycles. The maximum atomic E-state index is 12.3. The van der Waals surface area contributed by atoms with Crippen LogP contribution < -0.4 is 5.32 Å². The van der Waals surface area contributed by atoms with Crippen LogP contribution in [0.1, 0.15) is 37.4 Å². The molecule has 21 heavy (non-hydrogen) atoms. The van der Waals surface area contributed by atoms with E-state index in [-0.39, 0.29) is 28.7 Å². The Morgan fingerprint density at radius 1 is 1.24 bits per heavy atom. The van der Waals surface area contributed by atoms with Gasteiger partial charge in [-0.2, -0.15) is 0 Å². The number of ketones is 3. The molecule has 0 saturated heterocycles. The molecule has 104 valence electrons. The molecule has 2 aromatic rings. The second-order valence-electron chi connectivity index (χ2n) is 4.51.